The van der Waals surface area contributed by atoms with E-state index in [-0.39, 0.29) is 0 Å². The van der Waals surface area contributed by atoms with Crippen molar-refractivity contribution in [3.05, 3.63) is 12.7 Å². The molecule has 0 aliphatic carbocycles. The Morgan fingerprint density at radius 3 is 2.89 bits per heavy atom. The summed E-state index contributed by atoms with van der Waals surface area (Å²) in [7, 11) is 1.72. The molecule has 0 spiro atoms. The average Bonchev–Trinajstić information content (AvgIpc) is 3.20. The van der Waals surface area contributed by atoms with Gasteiger partial charge < -0.3 is 31.1 Å². The molecule has 0 amide bonds. The Bertz CT molecular complexity index is 804. The first kappa shape index (κ1) is 19.8. The molecular formula is C15H22N6O5S. The van der Waals surface area contributed by atoms with Crippen LogP contribution in [0.25, 0.3) is 11.2 Å². The summed E-state index contributed by atoms with van der Waals surface area (Å²) in [4.78, 5) is 23.3. The second-order valence-corrected chi connectivity index (χ2v) is 7.30. The minimum atomic E-state index is -1.15. The number of carbonyl (C=O) groups is 1. The third-order valence-corrected chi connectivity index (χ3v) is 5.47. The third-order valence-electron chi connectivity index (χ3n) is 4.38. The fourth-order valence-electron chi connectivity index (χ4n) is 2.85. The topological polar surface area (TPSA) is 169 Å². The maximum Gasteiger partial charge on any atom is 0.320 e. The highest BCUT2D eigenvalue weighted by Gasteiger charge is 2.44. The summed E-state index contributed by atoms with van der Waals surface area (Å²) in [6, 6.07) is -0.913. The molecule has 0 aromatic carbocycles. The third kappa shape index (κ3) is 3.99. The van der Waals surface area contributed by atoms with Gasteiger partial charge in [-0.3, -0.25) is 9.36 Å². The van der Waals surface area contributed by atoms with Crippen molar-refractivity contribution >= 4 is 34.7 Å². The second-order valence-electron chi connectivity index (χ2n) is 6.15. The molecule has 2 aromatic heterocycles. The van der Waals surface area contributed by atoms with E-state index in [1.807, 2.05) is 0 Å². The molecule has 1 saturated heterocycles. The summed E-state index contributed by atoms with van der Waals surface area (Å²) in [5.41, 5.74) is 6.47. The van der Waals surface area contributed by atoms with Crippen LogP contribution in [-0.4, -0.2) is 83.7 Å². The summed E-state index contributed by atoms with van der Waals surface area (Å²) >= 11 is 1.41. The van der Waals surface area contributed by atoms with Crippen LogP contribution >= 0.6 is 11.8 Å². The van der Waals surface area contributed by atoms with Gasteiger partial charge in [-0.05, 0) is 12.2 Å². The number of aromatic nitrogens is 4. The zero-order chi connectivity index (χ0) is 19.6. The number of carboxylic acid groups (broad SMARTS) is 1. The van der Waals surface area contributed by atoms with Gasteiger partial charge in [0.15, 0.2) is 17.7 Å². The standard InChI is InChI=1S/C15H22N6O5S/c1-17-12-9-13(19-5-18-12)21(6-20-9)14-11(23)10(22)8(26-14)4-27-3-2-7(16)15(24)25/h5-8,10-11,14,22-23H,2-4,16H2,1H3,(H,24,25)(H,17,18,19)/t7?,8-,10-,11-,14-/m1/s1. The van der Waals surface area contributed by atoms with E-state index in [0.29, 0.717) is 34.9 Å². The van der Waals surface area contributed by atoms with E-state index in [4.69, 9.17) is 15.6 Å². The zero-order valence-corrected chi connectivity index (χ0v) is 15.4. The van der Waals surface area contributed by atoms with Gasteiger partial charge in [-0.15, -0.1) is 0 Å². The molecule has 27 heavy (non-hydrogen) atoms. The Balaban J connectivity index is 1.66. The molecule has 2 aromatic rings. The molecule has 0 bridgehead atoms. The number of ether oxygens (including phenoxy) is 1. The molecule has 1 aliphatic heterocycles. The van der Waals surface area contributed by atoms with Gasteiger partial charge in [-0.1, -0.05) is 0 Å². The largest absolute Gasteiger partial charge is 0.480 e. The molecule has 1 unspecified atom stereocenters. The molecule has 5 atom stereocenters. The van der Waals surface area contributed by atoms with Gasteiger partial charge in [0.2, 0.25) is 0 Å². The summed E-state index contributed by atoms with van der Waals surface area (Å²) in [5, 5.41) is 32.4. The zero-order valence-electron chi connectivity index (χ0n) is 14.6. The van der Waals surface area contributed by atoms with Gasteiger partial charge in [0.05, 0.1) is 12.4 Å². The number of fused-ring (bicyclic) bond motifs is 1. The maximum absolute atomic E-state index is 10.7. The molecular weight excluding hydrogens is 376 g/mol. The van der Waals surface area contributed by atoms with Crippen molar-refractivity contribution in [3.8, 4) is 0 Å². The van der Waals surface area contributed by atoms with Crippen LogP contribution in [0.2, 0.25) is 0 Å². The van der Waals surface area contributed by atoms with Crippen molar-refractivity contribution in [1.29, 1.82) is 0 Å². The number of nitrogens with one attached hydrogen (secondary N) is 1. The number of thioether (sulfide) groups is 1. The van der Waals surface area contributed by atoms with Gasteiger partial charge in [-0.25, -0.2) is 15.0 Å². The van der Waals surface area contributed by atoms with Crippen molar-refractivity contribution < 1.29 is 24.9 Å². The smallest absolute Gasteiger partial charge is 0.320 e. The van der Waals surface area contributed by atoms with E-state index in [0.717, 1.165) is 0 Å². The SMILES string of the molecule is CNc1ncnc2c1ncn2[C@@H]1O[C@H](CSCCC(N)C(=O)O)[C@@H](O)[C@H]1O. The van der Waals surface area contributed by atoms with Crippen molar-refractivity contribution in [2.75, 3.05) is 23.9 Å². The number of carboxylic acids is 1. The predicted octanol–water partition coefficient (Wildman–Crippen LogP) is -0.978. The van der Waals surface area contributed by atoms with Crippen LogP contribution in [0.1, 0.15) is 12.6 Å². The van der Waals surface area contributed by atoms with Gasteiger partial charge in [0.25, 0.3) is 0 Å². The molecule has 3 heterocycles. The molecule has 0 radical (unpaired) electrons. The highest BCUT2D eigenvalue weighted by Crippen LogP contribution is 2.33. The minimum absolute atomic E-state index is 0.310. The Morgan fingerprint density at radius 1 is 1.41 bits per heavy atom. The Hall–Kier alpha value is -1.99. The minimum Gasteiger partial charge on any atom is -0.480 e. The monoisotopic (exact) mass is 398 g/mol. The summed E-state index contributed by atoms with van der Waals surface area (Å²) in [6.45, 7) is 0. The van der Waals surface area contributed by atoms with Crippen molar-refractivity contribution in [2.24, 2.45) is 5.73 Å². The quantitative estimate of drug-likeness (QED) is 0.347. The average molecular weight is 398 g/mol. The van der Waals surface area contributed by atoms with Gasteiger partial charge >= 0.3 is 5.97 Å². The number of nitrogens with two attached hydrogens (primary N) is 1. The summed E-state index contributed by atoms with van der Waals surface area (Å²) in [5.74, 6) is 0.407. The van der Waals surface area contributed by atoms with E-state index >= 15 is 0 Å². The molecule has 1 fully saturated rings. The number of aliphatic hydroxyl groups is 2. The van der Waals surface area contributed by atoms with E-state index < -0.39 is 36.6 Å². The number of hydrogen-bond donors (Lipinski definition) is 5. The van der Waals surface area contributed by atoms with Crippen molar-refractivity contribution in [2.45, 2.75) is 37.0 Å². The van der Waals surface area contributed by atoms with Crippen LogP contribution < -0.4 is 11.1 Å². The molecule has 1 aliphatic rings. The Kier molecular flexibility index (Phi) is 6.11. The number of anilines is 1. The number of rotatable bonds is 8. The fraction of sp³-hybridized carbons (Fsp3) is 0.600. The Labute approximate surface area is 159 Å². The number of imidazole rings is 1. The van der Waals surface area contributed by atoms with E-state index in [9.17, 15) is 15.0 Å². The number of hydrogen-bond acceptors (Lipinski definition) is 10. The van der Waals surface area contributed by atoms with Crippen LogP contribution in [0, 0.1) is 0 Å². The second kappa shape index (κ2) is 8.35. The molecule has 0 saturated carbocycles. The molecule has 148 valence electrons. The highest BCUT2D eigenvalue weighted by atomic mass is 32.2. The molecule has 11 nitrogen and oxygen atoms in total. The summed E-state index contributed by atoms with van der Waals surface area (Å²) in [6.07, 6.45) is -0.507. The number of nitrogens with zero attached hydrogens (tertiary/aromatic N) is 4. The van der Waals surface area contributed by atoms with Crippen LogP contribution in [0.15, 0.2) is 12.7 Å². The molecule has 6 N–H and O–H groups in total. The summed E-state index contributed by atoms with van der Waals surface area (Å²) < 4.78 is 7.41. The lowest BCUT2D eigenvalue weighted by Gasteiger charge is -2.16. The number of aliphatic hydroxyl groups excluding tert-OH is 2. The molecule has 12 heteroatoms. The maximum atomic E-state index is 10.7. The number of aliphatic carboxylic acids is 1. The van der Waals surface area contributed by atoms with E-state index in [1.165, 1.54) is 24.4 Å². The lowest BCUT2D eigenvalue weighted by molar-refractivity contribution is -0.138. The van der Waals surface area contributed by atoms with Crippen molar-refractivity contribution in [1.82, 2.24) is 19.5 Å². The normalized spacial score (nSPS) is 26.4. The first-order valence-electron chi connectivity index (χ1n) is 8.37. The van der Waals surface area contributed by atoms with Gasteiger partial charge in [-0.2, -0.15) is 11.8 Å². The van der Waals surface area contributed by atoms with Crippen LogP contribution in [-0.2, 0) is 9.53 Å². The fourth-order valence-corrected chi connectivity index (χ4v) is 3.95. The first-order chi connectivity index (χ1) is 12.9. The van der Waals surface area contributed by atoms with Crippen LogP contribution in [0.3, 0.4) is 0 Å². The Morgan fingerprint density at radius 2 is 2.19 bits per heavy atom. The predicted molar refractivity (Wildman–Crippen MR) is 98.3 cm³/mol. The van der Waals surface area contributed by atoms with Gasteiger partial charge in [0, 0.05) is 12.8 Å². The van der Waals surface area contributed by atoms with Crippen molar-refractivity contribution in [3.63, 3.8) is 0 Å². The van der Waals surface area contributed by atoms with Gasteiger partial charge in [0.1, 0.15) is 30.1 Å². The highest BCUT2D eigenvalue weighted by molar-refractivity contribution is 7.99. The van der Waals surface area contributed by atoms with Crippen LogP contribution in [0.5, 0.6) is 0 Å². The molecule has 3 rings (SSSR count). The lowest BCUT2D eigenvalue weighted by atomic mass is 10.1. The lowest BCUT2D eigenvalue weighted by Crippen LogP contribution is -2.33. The van der Waals surface area contributed by atoms with E-state index in [1.54, 1.807) is 11.6 Å². The van der Waals surface area contributed by atoms with E-state index in [2.05, 4.69) is 20.3 Å². The van der Waals surface area contributed by atoms with Crippen LogP contribution in [0.4, 0.5) is 5.82 Å². The first-order valence-corrected chi connectivity index (χ1v) is 9.52.